The molecule has 0 saturated carbocycles. The molecular formula is C21H19N3O6S. The molecule has 10 heteroatoms. The fourth-order valence-electron chi connectivity index (χ4n) is 3.45. The molecule has 0 bridgehead atoms. The largest absolute Gasteiger partial charge is 0.459 e. The molecule has 3 heterocycles. The highest BCUT2D eigenvalue weighted by Crippen LogP contribution is 2.27. The second kappa shape index (κ2) is 8.40. The Morgan fingerprint density at radius 2 is 1.74 bits per heavy atom. The molecule has 1 aliphatic rings. The van der Waals surface area contributed by atoms with Crippen molar-refractivity contribution in [3.05, 3.63) is 62.5 Å². The third kappa shape index (κ3) is 3.64. The van der Waals surface area contributed by atoms with Crippen LogP contribution in [0.25, 0.3) is 10.2 Å². The Balaban J connectivity index is 1.56. The molecule has 0 radical (unpaired) electrons. The van der Waals surface area contributed by atoms with Crippen LogP contribution in [-0.2, 0) is 16.0 Å². The van der Waals surface area contributed by atoms with Gasteiger partial charge < -0.3 is 9.47 Å². The standard InChI is InChI=1S/C21H19N3O6S/c1-12-15-17(31-16(12)21(28)30-10-9-29-2)22-11-23(20(15)27)7-8-24-18(25)13-5-3-4-6-14(13)19(24)26/h3-6,11H,7-10H2,1-2H3. The van der Waals surface area contributed by atoms with E-state index in [-0.39, 0.29) is 43.7 Å². The van der Waals surface area contributed by atoms with E-state index in [0.29, 0.717) is 31.8 Å². The van der Waals surface area contributed by atoms with Gasteiger partial charge in [-0.2, -0.15) is 0 Å². The number of nitrogens with zero attached hydrogens (tertiary/aromatic N) is 3. The molecule has 0 saturated heterocycles. The lowest BCUT2D eigenvalue weighted by Gasteiger charge is -2.14. The Morgan fingerprint density at radius 1 is 1.06 bits per heavy atom. The summed E-state index contributed by atoms with van der Waals surface area (Å²) in [5, 5.41) is 0.327. The molecule has 2 amide bonds. The van der Waals surface area contributed by atoms with E-state index in [0.717, 1.165) is 16.2 Å². The van der Waals surface area contributed by atoms with Crippen LogP contribution in [0.1, 0.15) is 36.0 Å². The van der Waals surface area contributed by atoms with Crippen LogP contribution >= 0.6 is 11.3 Å². The van der Waals surface area contributed by atoms with E-state index in [2.05, 4.69) is 4.98 Å². The smallest absolute Gasteiger partial charge is 0.348 e. The summed E-state index contributed by atoms with van der Waals surface area (Å²) in [6.45, 7) is 2.19. The highest BCUT2D eigenvalue weighted by molar-refractivity contribution is 7.20. The number of hydrogen-bond acceptors (Lipinski definition) is 8. The monoisotopic (exact) mass is 441 g/mol. The zero-order valence-corrected chi connectivity index (χ0v) is 17.7. The first-order chi connectivity index (χ1) is 14.9. The number of aryl methyl sites for hydroxylation is 1. The summed E-state index contributed by atoms with van der Waals surface area (Å²) in [6, 6.07) is 6.62. The summed E-state index contributed by atoms with van der Waals surface area (Å²) >= 11 is 1.09. The molecule has 0 spiro atoms. The SMILES string of the molecule is COCCOC(=O)c1sc2ncn(CCN3C(=O)c4ccccc4C3=O)c(=O)c2c1C. The number of thiophene rings is 1. The van der Waals surface area contributed by atoms with Crippen molar-refractivity contribution in [2.45, 2.75) is 13.5 Å². The number of carbonyl (C=O) groups is 3. The first kappa shape index (κ1) is 20.9. The van der Waals surface area contributed by atoms with E-state index in [1.807, 2.05) is 0 Å². The van der Waals surface area contributed by atoms with Gasteiger partial charge in [-0.25, -0.2) is 9.78 Å². The highest BCUT2D eigenvalue weighted by atomic mass is 32.1. The molecule has 0 unspecified atom stereocenters. The molecule has 1 aliphatic heterocycles. The normalized spacial score (nSPS) is 13.2. The highest BCUT2D eigenvalue weighted by Gasteiger charge is 2.34. The van der Waals surface area contributed by atoms with Crippen molar-refractivity contribution >= 4 is 39.3 Å². The van der Waals surface area contributed by atoms with Gasteiger partial charge in [0.1, 0.15) is 16.3 Å². The number of methoxy groups -OCH3 is 1. The van der Waals surface area contributed by atoms with Crippen LogP contribution in [0.3, 0.4) is 0 Å². The topological polar surface area (TPSA) is 108 Å². The van der Waals surface area contributed by atoms with Crippen molar-refractivity contribution in [1.29, 1.82) is 0 Å². The molecule has 0 atom stereocenters. The molecule has 31 heavy (non-hydrogen) atoms. The molecule has 0 aliphatic carbocycles. The van der Waals surface area contributed by atoms with Crippen molar-refractivity contribution in [3.63, 3.8) is 0 Å². The number of ether oxygens (including phenoxy) is 2. The number of aromatic nitrogens is 2. The van der Waals surface area contributed by atoms with E-state index >= 15 is 0 Å². The predicted molar refractivity (Wildman–Crippen MR) is 113 cm³/mol. The average molecular weight is 441 g/mol. The van der Waals surface area contributed by atoms with Crippen LogP contribution in [0.5, 0.6) is 0 Å². The Labute approximate surface area is 180 Å². The van der Waals surface area contributed by atoms with Gasteiger partial charge in [-0.15, -0.1) is 11.3 Å². The molecule has 3 aromatic rings. The number of fused-ring (bicyclic) bond motifs is 2. The minimum absolute atomic E-state index is 0.0363. The van der Waals surface area contributed by atoms with Crippen molar-refractivity contribution in [2.24, 2.45) is 0 Å². The Kier molecular flexibility index (Phi) is 5.66. The second-order valence-corrected chi connectivity index (χ2v) is 7.91. The van der Waals surface area contributed by atoms with Crippen LogP contribution in [0.15, 0.2) is 35.4 Å². The average Bonchev–Trinajstić information content (AvgIpc) is 3.23. The van der Waals surface area contributed by atoms with Gasteiger partial charge in [-0.1, -0.05) is 12.1 Å². The van der Waals surface area contributed by atoms with Crippen LogP contribution in [0.4, 0.5) is 0 Å². The maximum atomic E-state index is 13.0. The van der Waals surface area contributed by atoms with Gasteiger partial charge in [0.15, 0.2) is 0 Å². The predicted octanol–water partition coefficient (Wildman–Crippen LogP) is 1.87. The Bertz CT molecular complexity index is 1230. The quantitative estimate of drug-likeness (QED) is 0.313. The van der Waals surface area contributed by atoms with E-state index in [4.69, 9.17) is 9.47 Å². The molecule has 0 N–H and O–H groups in total. The van der Waals surface area contributed by atoms with Crippen molar-refractivity contribution in [1.82, 2.24) is 14.5 Å². The summed E-state index contributed by atoms with van der Waals surface area (Å²) in [7, 11) is 1.51. The molecule has 4 rings (SSSR count). The lowest BCUT2D eigenvalue weighted by molar-refractivity contribution is 0.0392. The van der Waals surface area contributed by atoms with Crippen LogP contribution in [0, 0.1) is 6.92 Å². The molecule has 0 fully saturated rings. The van der Waals surface area contributed by atoms with Gasteiger partial charge in [-0.3, -0.25) is 23.9 Å². The lowest BCUT2D eigenvalue weighted by atomic mass is 10.1. The van der Waals surface area contributed by atoms with Crippen molar-refractivity contribution in [3.8, 4) is 0 Å². The second-order valence-electron chi connectivity index (χ2n) is 6.92. The molecule has 9 nitrogen and oxygen atoms in total. The summed E-state index contributed by atoms with van der Waals surface area (Å²) in [5.41, 5.74) is 0.874. The number of carbonyl (C=O) groups excluding carboxylic acids is 3. The number of hydrogen-bond donors (Lipinski definition) is 0. The first-order valence-corrected chi connectivity index (χ1v) is 10.4. The maximum Gasteiger partial charge on any atom is 0.348 e. The van der Waals surface area contributed by atoms with Crippen LogP contribution in [0.2, 0.25) is 0 Å². The van der Waals surface area contributed by atoms with E-state index in [1.54, 1.807) is 31.2 Å². The summed E-state index contributed by atoms with van der Waals surface area (Å²) in [6.07, 6.45) is 1.36. The van der Waals surface area contributed by atoms with Gasteiger partial charge in [-0.05, 0) is 24.6 Å². The fraction of sp³-hybridized carbons (Fsp3) is 0.286. The molecule has 1 aromatic carbocycles. The Morgan fingerprint density at radius 3 is 2.39 bits per heavy atom. The number of rotatable bonds is 7. The lowest BCUT2D eigenvalue weighted by Crippen LogP contribution is -2.35. The van der Waals surface area contributed by atoms with Gasteiger partial charge in [0.05, 0.1) is 29.4 Å². The van der Waals surface area contributed by atoms with E-state index in [9.17, 15) is 19.2 Å². The van der Waals surface area contributed by atoms with Gasteiger partial charge >= 0.3 is 5.97 Å². The van der Waals surface area contributed by atoms with Gasteiger partial charge in [0.25, 0.3) is 17.4 Å². The zero-order valence-electron chi connectivity index (χ0n) is 16.9. The molecule has 2 aromatic heterocycles. The zero-order chi connectivity index (χ0) is 22.1. The number of imide groups is 1. The third-order valence-electron chi connectivity index (χ3n) is 5.07. The van der Waals surface area contributed by atoms with Crippen LogP contribution in [-0.4, -0.2) is 59.1 Å². The fourth-order valence-corrected chi connectivity index (χ4v) is 4.48. The minimum atomic E-state index is -0.533. The minimum Gasteiger partial charge on any atom is -0.459 e. The maximum absolute atomic E-state index is 13.0. The van der Waals surface area contributed by atoms with Crippen molar-refractivity contribution < 1.29 is 23.9 Å². The molecule has 160 valence electrons. The third-order valence-corrected chi connectivity index (χ3v) is 6.25. The summed E-state index contributed by atoms with van der Waals surface area (Å²) in [4.78, 5) is 56.5. The van der Waals surface area contributed by atoms with E-state index in [1.165, 1.54) is 18.0 Å². The van der Waals surface area contributed by atoms with E-state index < -0.39 is 5.97 Å². The van der Waals surface area contributed by atoms with Gasteiger partial charge in [0.2, 0.25) is 0 Å². The summed E-state index contributed by atoms with van der Waals surface area (Å²) in [5.74, 6) is -1.29. The number of benzene rings is 1. The first-order valence-electron chi connectivity index (χ1n) is 9.54. The molecular weight excluding hydrogens is 422 g/mol. The number of esters is 1. The summed E-state index contributed by atoms with van der Waals surface area (Å²) < 4.78 is 11.4. The van der Waals surface area contributed by atoms with Crippen LogP contribution < -0.4 is 5.56 Å². The number of amides is 2. The van der Waals surface area contributed by atoms with Crippen molar-refractivity contribution in [2.75, 3.05) is 26.9 Å². The Hall–Kier alpha value is -3.37. The van der Waals surface area contributed by atoms with Gasteiger partial charge in [0, 0.05) is 20.2 Å².